The molecule has 0 saturated heterocycles. The summed E-state index contributed by atoms with van der Waals surface area (Å²) < 4.78 is 0. The molecular weight excluding hydrogens is 416 g/mol. The van der Waals surface area contributed by atoms with Crippen LogP contribution in [-0.4, -0.2) is 5.91 Å². The average molecular weight is 439 g/mol. The molecule has 1 heterocycles. The lowest BCUT2D eigenvalue weighted by atomic mass is 9.99. The second kappa shape index (κ2) is 8.52. The van der Waals surface area contributed by atoms with E-state index in [1.54, 1.807) is 0 Å². The van der Waals surface area contributed by atoms with Gasteiger partial charge in [-0.2, -0.15) is 0 Å². The van der Waals surface area contributed by atoms with Crippen molar-refractivity contribution in [3.05, 3.63) is 130 Å². The molecule has 0 aromatic heterocycles. The van der Waals surface area contributed by atoms with Crippen LogP contribution < -0.4 is 9.80 Å². The van der Waals surface area contributed by atoms with Crippen LogP contribution in [0.15, 0.2) is 103 Å². The van der Waals surface area contributed by atoms with Crippen LogP contribution in [0.25, 0.3) is 0 Å². The van der Waals surface area contributed by atoms with E-state index in [1.807, 2.05) is 103 Å². The third kappa shape index (κ3) is 3.76. The number of aryl methyl sites for hydroxylation is 1. The van der Waals surface area contributed by atoms with Crippen LogP contribution in [-0.2, 0) is 6.54 Å². The summed E-state index contributed by atoms with van der Waals surface area (Å²) in [4.78, 5) is 18.0. The maximum Gasteiger partial charge on any atom is 0.262 e. The first-order chi connectivity index (χ1) is 15.6. The van der Waals surface area contributed by atoms with Crippen LogP contribution in [0.3, 0.4) is 0 Å². The summed E-state index contributed by atoms with van der Waals surface area (Å²) in [7, 11) is 0. The van der Waals surface area contributed by atoms with Crippen molar-refractivity contribution < 1.29 is 4.79 Å². The topological polar surface area (TPSA) is 23.6 Å². The molecule has 0 spiro atoms. The maximum absolute atomic E-state index is 13.8. The molecule has 5 rings (SSSR count). The standard InChI is InChI=1S/C28H23ClN2O/c1-20-14-16-24(17-15-20)31-27(22-10-7-11-23(29)18-22)30(19-21-8-3-2-4-9-21)26-13-6-5-12-25(26)28(31)32/h2-18,27H,19H2,1H3/t27-/m0/s1. The molecule has 1 atom stereocenters. The van der Waals surface area contributed by atoms with Crippen molar-refractivity contribution >= 4 is 28.9 Å². The zero-order valence-electron chi connectivity index (χ0n) is 17.8. The number of rotatable bonds is 4. The number of hydrogen-bond acceptors (Lipinski definition) is 2. The fourth-order valence-corrected chi connectivity index (χ4v) is 4.53. The minimum Gasteiger partial charge on any atom is -0.342 e. The van der Waals surface area contributed by atoms with E-state index in [9.17, 15) is 4.79 Å². The average Bonchev–Trinajstić information content (AvgIpc) is 2.82. The van der Waals surface area contributed by atoms with Crippen LogP contribution in [0, 0.1) is 6.92 Å². The summed E-state index contributed by atoms with van der Waals surface area (Å²) in [5.41, 5.74) is 5.78. The van der Waals surface area contributed by atoms with Crippen molar-refractivity contribution in [2.45, 2.75) is 19.6 Å². The van der Waals surface area contributed by atoms with E-state index in [4.69, 9.17) is 11.6 Å². The Bertz CT molecular complexity index is 1250. The Morgan fingerprint density at radius 3 is 2.28 bits per heavy atom. The molecule has 32 heavy (non-hydrogen) atoms. The molecule has 0 N–H and O–H groups in total. The summed E-state index contributed by atoms with van der Waals surface area (Å²) >= 11 is 6.40. The molecule has 0 unspecified atom stereocenters. The molecule has 3 nitrogen and oxygen atoms in total. The number of anilines is 2. The summed E-state index contributed by atoms with van der Waals surface area (Å²) in [6.45, 7) is 2.71. The number of benzene rings is 4. The highest BCUT2D eigenvalue weighted by atomic mass is 35.5. The lowest BCUT2D eigenvalue weighted by Gasteiger charge is -2.46. The smallest absolute Gasteiger partial charge is 0.262 e. The first kappa shape index (κ1) is 20.3. The van der Waals surface area contributed by atoms with Gasteiger partial charge in [0.1, 0.15) is 6.17 Å². The molecule has 0 aliphatic carbocycles. The molecule has 1 amide bonds. The zero-order valence-corrected chi connectivity index (χ0v) is 18.5. The Hall–Kier alpha value is -3.56. The summed E-state index contributed by atoms with van der Waals surface area (Å²) in [5.74, 6) is -0.0151. The molecule has 0 fully saturated rings. The van der Waals surface area contributed by atoms with E-state index < -0.39 is 0 Å². The van der Waals surface area contributed by atoms with Gasteiger partial charge >= 0.3 is 0 Å². The molecule has 0 bridgehead atoms. The van der Waals surface area contributed by atoms with E-state index in [0.717, 1.165) is 22.5 Å². The van der Waals surface area contributed by atoms with Crippen molar-refractivity contribution in [1.29, 1.82) is 0 Å². The Kier molecular flexibility index (Phi) is 5.42. The van der Waals surface area contributed by atoms with E-state index in [0.29, 0.717) is 17.1 Å². The van der Waals surface area contributed by atoms with Gasteiger partial charge in [-0.25, -0.2) is 0 Å². The monoisotopic (exact) mass is 438 g/mol. The zero-order chi connectivity index (χ0) is 22.1. The van der Waals surface area contributed by atoms with Gasteiger partial charge in [0, 0.05) is 17.3 Å². The van der Waals surface area contributed by atoms with Crippen LogP contribution in [0.4, 0.5) is 11.4 Å². The number of amides is 1. The van der Waals surface area contributed by atoms with Gasteiger partial charge in [0.15, 0.2) is 0 Å². The third-order valence-corrected chi connectivity index (χ3v) is 6.09. The normalized spacial score (nSPS) is 15.6. The first-order valence-electron chi connectivity index (χ1n) is 10.7. The van der Waals surface area contributed by atoms with E-state index in [1.165, 1.54) is 5.56 Å². The quantitative estimate of drug-likeness (QED) is 0.342. The maximum atomic E-state index is 13.8. The van der Waals surface area contributed by atoms with Gasteiger partial charge in [-0.15, -0.1) is 0 Å². The van der Waals surface area contributed by atoms with Crippen molar-refractivity contribution in [2.24, 2.45) is 0 Å². The summed E-state index contributed by atoms with van der Waals surface area (Å²) in [6, 6.07) is 34.1. The first-order valence-corrected chi connectivity index (χ1v) is 11.0. The fraction of sp³-hybridized carbons (Fsp3) is 0.107. The number of hydrogen-bond donors (Lipinski definition) is 0. The Morgan fingerprint density at radius 1 is 0.812 bits per heavy atom. The van der Waals surface area contributed by atoms with E-state index >= 15 is 0 Å². The predicted octanol–water partition coefficient (Wildman–Crippen LogP) is 7.01. The highest BCUT2D eigenvalue weighted by Gasteiger charge is 2.39. The molecule has 4 aromatic carbocycles. The van der Waals surface area contributed by atoms with Crippen LogP contribution in [0.2, 0.25) is 5.02 Å². The lowest BCUT2D eigenvalue weighted by Crippen LogP contribution is -2.49. The molecular formula is C28H23ClN2O. The number of carbonyl (C=O) groups is 1. The molecule has 1 aliphatic rings. The minimum absolute atomic E-state index is 0.0151. The van der Waals surface area contributed by atoms with Gasteiger partial charge < -0.3 is 4.90 Å². The molecule has 0 saturated carbocycles. The van der Waals surface area contributed by atoms with Gasteiger partial charge in [-0.3, -0.25) is 9.69 Å². The van der Waals surface area contributed by atoms with Crippen molar-refractivity contribution in [2.75, 3.05) is 9.80 Å². The largest absolute Gasteiger partial charge is 0.342 e. The van der Waals surface area contributed by atoms with Gasteiger partial charge in [-0.05, 0) is 54.4 Å². The van der Waals surface area contributed by atoms with Gasteiger partial charge in [0.2, 0.25) is 0 Å². The summed E-state index contributed by atoms with van der Waals surface area (Å²) in [6.07, 6.45) is -0.334. The molecule has 0 radical (unpaired) electrons. The number of para-hydroxylation sites is 1. The Morgan fingerprint density at radius 2 is 1.53 bits per heavy atom. The van der Waals surface area contributed by atoms with Crippen molar-refractivity contribution in [3.63, 3.8) is 0 Å². The second-order valence-electron chi connectivity index (χ2n) is 8.07. The number of halogens is 1. The molecule has 158 valence electrons. The summed E-state index contributed by atoms with van der Waals surface area (Å²) in [5, 5.41) is 0.650. The van der Waals surface area contributed by atoms with Crippen LogP contribution in [0.5, 0.6) is 0 Å². The number of fused-ring (bicyclic) bond motifs is 1. The SMILES string of the molecule is Cc1ccc(N2C(=O)c3ccccc3N(Cc3ccccc3)[C@@H]2c2cccc(Cl)c2)cc1. The van der Waals surface area contributed by atoms with Crippen molar-refractivity contribution in [3.8, 4) is 0 Å². The number of carbonyl (C=O) groups excluding carboxylic acids is 1. The van der Waals surface area contributed by atoms with Gasteiger partial charge in [0.25, 0.3) is 5.91 Å². The van der Waals surface area contributed by atoms with Crippen LogP contribution >= 0.6 is 11.6 Å². The molecule has 4 aromatic rings. The minimum atomic E-state index is -0.334. The Labute approximate surface area is 193 Å². The van der Waals surface area contributed by atoms with E-state index in [2.05, 4.69) is 17.0 Å². The van der Waals surface area contributed by atoms with E-state index in [-0.39, 0.29) is 12.1 Å². The van der Waals surface area contributed by atoms with Gasteiger partial charge in [0.05, 0.1) is 11.3 Å². The Balaban J connectivity index is 1.73. The van der Waals surface area contributed by atoms with Gasteiger partial charge in [-0.1, -0.05) is 83.9 Å². The highest BCUT2D eigenvalue weighted by molar-refractivity contribution is 6.30. The lowest BCUT2D eigenvalue weighted by molar-refractivity contribution is 0.0968. The molecule has 1 aliphatic heterocycles. The number of nitrogens with zero attached hydrogens (tertiary/aromatic N) is 2. The highest BCUT2D eigenvalue weighted by Crippen LogP contribution is 2.42. The predicted molar refractivity (Wildman–Crippen MR) is 131 cm³/mol. The van der Waals surface area contributed by atoms with Crippen molar-refractivity contribution in [1.82, 2.24) is 0 Å². The molecule has 4 heteroatoms. The third-order valence-electron chi connectivity index (χ3n) is 5.86. The second-order valence-corrected chi connectivity index (χ2v) is 8.51. The van der Waals surface area contributed by atoms with Crippen LogP contribution in [0.1, 0.15) is 33.2 Å². The fourth-order valence-electron chi connectivity index (χ4n) is 4.33.